The first kappa shape index (κ1) is 15.2. The molecule has 0 radical (unpaired) electrons. The molecule has 3 amide bonds. The van der Waals surface area contributed by atoms with Crippen LogP contribution in [0.25, 0.3) is 0 Å². The quantitative estimate of drug-likeness (QED) is 0.786. The van der Waals surface area contributed by atoms with E-state index < -0.39 is 17.9 Å². The highest BCUT2D eigenvalue weighted by atomic mass is 16.4. The van der Waals surface area contributed by atoms with Crippen molar-refractivity contribution in [3.05, 3.63) is 34.9 Å². The van der Waals surface area contributed by atoms with Crippen LogP contribution in [0.3, 0.4) is 0 Å². The van der Waals surface area contributed by atoms with E-state index >= 15 is 0 Å². The van der Waals surface area contributed by atoms with Crippen molar-refractivity contribution < 1.29 is 24.3 Å². The van der Waals surface area contributed by atoms with E-state index in [-0.39, 0.29) is 31.2 Å². The minimum absolute atomic E-state index is 0.0109. The van der Waals surface area contributed by atoms with Crippen LogP contribution >= 0.6 is 0 Å². The van der Waals surface area contributed by atoms with Gasteiger partial charge >= 0.3 is 5.97 Å². The minimum atomic E-state index is -0.894. The standard InChI is InChI=1S/C16H16N2O5/c19-13-6-5-12(15(22)17-13)18-8-11-9(4-7-14(20)21)2-1-3-10(11)16(18)23/h1-3,12H,4-8H2,(H,20,21)(H,17,19,22). The van der Waals surface area contributed by atoms with Gasteiger partial charge in [0, 0.05) is 24.9 Å². The molecule has 3 rings (SSSR count). The number of carbonyl (C=O) groups excluding carboxylic acids is 3. The van der Waals surface area contributed by atoms with Crippen LogP contribution in [0.2, 0.25) is 0 Å². The Hall–Kier alpha value is -2.70. The first-order valence-electron chi connectivity index (χ1n) is 7.44. The van der Waals surface area contributed by atoms with Gasteiger partial charge in [-0.1, -0.05) is 12.1 Å². The van der Waals surface area contributed by atoms with Gasteiger partial charge in [-0.25, -0.2) is 0 Å². The second kappa shape index (κ2) is 5.83. The molecule has 0 spiro atoms. The van der Waals surface area contributed by atoms with Crippen molar-refractivity contribution in [1.29, 1.82) is 0 Å². The van der Waals surface area contributed by atoms with Crippen LogP contribution in [-0.4, -0.2) is 39.7 Å². The zero-order valence-corrected chi connectivity index (χ0v) is 12.4. The number of imide groups is 1. The SMILES string of the molecule is O=C(O)CCc1cccc2c1CN(C1CCC(=O)NC1=O)C2=O. The predicted molar refractivity (Wildman–Crippen MR) is 78.4 cm³/mol. The van der Waals surface area contributed by atoms with Crippen LogP contribution in [0.15, 0.2) is 18.2 Å². The highest BCUT2D eigenvalue weighted by Crippen LogP contribution is 2.30. The lowest BCUT2D eigenvalue weighted by atomic mass is 9.99. The lowest BCUT2D eigenvalue weighted by Crippen LogP contribution is -2.52. The molecule has 0 aromatic heterocycles. The number of fused-ring (bicyclic) bond motifs is 1. The second-order valence-corrected chi connectivity index (χ2v) is 5.74. The molecule has 1 fully saturated rings. The number of piperidine rings is 1. The van der Waals surface area contributed by atoms with Gasteiger partial charge in [-0.05, 0) is 30.0 Å². The number of rotatable bonds is 4. The van der Waals surface area contributed by atoms with Crippen LogP contribution in [0, 0.1) is 0 Å². The molecule has 2 heterocycles. The number of nitrogens with one attached hydrogen (secondary N) is 1. The smallest absolute Gasteiger partial charge is 0.303 e. The summed E-state index contributed by atoms with van der Waals surface area (Å²) in [4.78, 5) is 48.0. The number of hydrogen-bond donors (Lipinski definition) is 2. The van der Waals surface area contributed by atoms with E-state index in [0.717, 1.165) is 11.1 Å². The summed E-state index contributed by atoms with van der Waals surface area (Å²) in [6.07, 6.45) is 0.856. The van der Waals surface area contributed by atoms with E-state index in [1.165, 1.54) is 4.90 Å². The molecular weight excluding hydrogens is 300 g/mol. The Bertz CT molecular complexity index is 712. The molecule has 2 aliphatic heterocycles. The number of carbonyl (C=O) groups is 4. The average molecular weight is 316 g/mol. The topological polar surface area (TPSA) is 104 Å². The monoisotopic (exact) mass is 316 g/mol. The third kappa shape index (κ3) is 2.81. The molecule has 2 N–H and O–H groups in total. The maximum atomic E-state index is 12.6. The molecule has 23 heavy (non-hydrogen) atoms. The van der Waals surface area contributed by atoms with Gasteiger partial charge in [-0.3, -0.25) is 24.5 Å². The van der Waals surface area contributed by atoms with Crippen LogP contribution < -0.4 is 5.32 Å². The molecule has 1 aromatic carbocycles. The zero-order chi connectivity index (χ0) is 16.6. The summed E-state index contributed by atoms with van der Waals surface area (Å²) in [5, 5.41) is 11.1. The molecule has 0 aliphatic carbocycles. The molecule has 1 saturated heterocycles. The van der Waals surface area contributed by atoms with Gasteiger partial charge in [0.05, 0.1) is 0 Å². The summed E-state index contributed by atoms with van der Waals surface area (Å²) in [5.74, 6) is -1.91. The third-order valence-electron chi connectivity index (χ3n) is 4.29. The van der Waals surface area contributed by atoms with Crippen LogP contribution in [-0.2, 0) is 27.3 Å². The maximum absolute atomic E-state index is 12.6. The van der Waals surface area contributed by atoms with Gasteiger partial charge in [0.25, 0.3) is 5.91 Å². The van der Waals surface area contributed by atoms with E-state index in [4.69, 9.17) is 5.11 Å². The number of hydrogen-bond acceptors (Lipinski definition) is 4. The Labute approximate surface area is 132 Å². The number of carboxylic acid groups (broad SMARTS) is 1. The number of benzene rings is 1. The van der Waals surface area contributed by atoms with Crippen molar-refractivity contribution in [2.75, 3.05) is 0 Å². The lowest BCUT2D eigenvalue weighted by molar-refractivity contribution is -0.138. The van der Waals surface area contributed by atoms with E-state index in [2.05, 4.69) is 5.32 Å². The Balaban J connectivity index is 1.84. The molecule has 7 heteroatoms. The van der Waals surface area contributed by atoms with Crippen LogP contribution in [0.1, 0.15) is 40.7 Å². The average Bonchev–Trinajstić information content (AvgIpc) is 2.83. The fourth-order valence-electron chi connectivity index (χ4n) is 3.13. The van der Waals surface area contributed by atoms with Crippen molar-refractivity contribution in [2.24, 2.45) is 0 Å². The molecular formula is C16H16N2O5. The van der Waals surface area contributed by atoms with Crippen LogP contribution in [0.4, 0.5) is 0 Å². The highest BCUT2D eigenvalue weighted by Gasteiger charge is 2.39. The lowest BCUT2D eigenvalue weighted by Gasteiger charge is -2.29. The van der Waals surface area contributed by atoms with Crippen molar-refractivity contribution in [3.8, 4) is 0 Å². The zero-order valence-electron chi connectivity index (χ0n) is 12.4. The van der Waals surface area contributed by atoms with Crippen molar-refractivity contribution in [2.45, 2.75) is 38.3 Å². The largest absolute Gasteiger partial charge is 0.481 e. The first-order chi connectivity index (χ1) is 11.0. The van der Waals surface area contributed by atoms with Gasteiger partial charge in [0.15, 0.2) is 0 Å². The molecule has 1 atom stereocenters. The van der Waals surface area contributed by atoms with Crippen molar-refractivity contribution >= 4 is 23.7 Å². The molecule has 0 bridgehead atoms. The number of nitrogens with zero attached hydrogens (tertiary/aromatic N) is 1. The summed E-state index contributed by atoms with van der Waals surface area (Å²) in [6.45, 7) is 0.274. The van der Waals surface area contributed by atoms with Gasteiger partial charge in [0.1, 0.15) is 6.04 Å². The van der Waals surface area contributed by atoms with Crippen LogP contribution in [0.5, 0.6) is 0 Å². The maximum Gasteiger partial charge on any atom is 0.303 e. The number of aliphatic carboxylic acids is 1. The predicted octanol–water partition coefficient (Wildman–Crippen LogP) is 0.465. The molecule has 1 aromatic rings. The Morgan fingerprint density at radius 1 is 1.30 bits per heavy atom. The molecule has 1 unspecified atom stereocenters. The van der Waals surface area contributed by atoms with Gasteiger partial charge in [-0.2, -0.15) is 0 Å². The Kier molecular flexibility index (Phi) is 3.85. The van der Waals surface area contributed by atoms with Gasteiger partial charge in [0.2, 0.25) is 11.8 Å². The van der Waals surface area contributed by atoms with E-state index in [1.54, 1.807) is 12.1 Å². The highest BCUT2D eigenvalue weighted by molar-refractivity contribution is 6.05. The fourth-order valence-corrected chi connectivity index (χ4v) is 3.13. The van der Waals surface area contributed by atoms with E-state index in [0.29, 0.717) is 18.4 Å². The normalized spacial score (nSPS) is 20.4. The van der Waals surface area contributed by atoms with Gasteiger partial charge < -0.3 is 10.0 Å². The molecule has 0 saturated carbocycles. The van der Waals surface area contributed by atoms with Crippen molar-refractivity contribution in [1.82, 2.24) is 10.2 Å². The summed E-state index contributed by atoms with van der Waals surface area (Å²) >= 11 is 0. The summed E-state index contributed by atoms with van der Waals surface area (Å²) in [7, 11) is 0. The summed E-state index contributed by atoms with van der Waals surface area (Å²) in [5.41, 5.74) is 2.11. The van der Waals surface area contributed by atoms with Gasteiger partial charge in [-0.15, -0.1) is 0 Å². The molecule has 7 nitrogen and oxygen atoms in total. The number of carboxylic acids is 1. The molecule has 120 valence electrons. The number of amides is 3. The summed E-state index contributed by atoms with van der Waals surface area (Å²) in [6, 6.07) is 4.57. The minimum Gasteiger partial charge on any atom is -0.481 e. The Morgan fingerprint density at radius 2 is 2.09 bits per heavy atom. The molecule has 2 aliphatic rings. The van der Waals surface area contributed by atoms with E-state index in [9.17, 15) is 19.2 Å². The number of aryl methyl sites for hydroxylation is 1. The fraction of sp³-hybridized carbons (Fsp3) is 0.375. The summed E-state index contributed by atoms with van der Waals surface area (Å²) < 4.78 is 0. The first-order valence-corrected chi connectivity index (χ1v) is 7.44. The third-order valence-corrected chi connectivity index (χ3v) is 4.29. The van der Waals surface area contributed by atoms with E-state index in [1.807, 2.05) is 6.07 Å². The van der Waals surface area contributed by atoms with Crippen molar-refractivity contribution in [3.63, 3.8) is 0 Å². The Morgan fingerprint density at radius 3 is 2.78 bits per heavy atom. The second-order valence-electron chi connectivity index (χ2n) is 5.74.